The molecule has 0 spiro atoms. The van der Waals surface area contributed by atoms with Gasteiger partial charge in [-0.1, -0.05) is 0 Å². The Bertz CT molecular complexity index is 638. The number of aromatic nitrogens is 2. The summed E-state index contributed by atoms with van der Waals surface area (Å²) in [5, 5.41) is 0.599. The Morgan fingerprint density at radius 1 is 1.20 bits per heavy atom. The Kier molecular flexibility index (Phi) is 4.08. The highest BCUT2D eigenvalue weighted by Crippen LogP contribution is 2.36. The summed E-state index contributed by atoms with van der Waals surface area (Å²) in [6.45, 7) is -2.95. The predicted octanol–water partition coefficient (Wildman–Crippen LogP) is 2.96. The fourth-order valence-electron chi connectivity index (χ4n) is 1.78. The molecule has 2 aromatic rings. The molecule has 0 aliphatic carbocycles. The summed E-state index contributed by atoms with van der Waals surface area (Å²) in [5.41, 5.74) is 0.479. The van der Waals surface area contributed by atoms with Crippen LogP contribution in [0.2, 0.25) is 5.28 Å². The summed E-state index contributed by atoms with van der Waals surface area (Å²) < 4.78 is 34.3. The van der Waals surface area contributed by atoms with E-state index in [-0.39, 0.29) is 16.8 Å². The molecule has 5 nitrogen and oxygen atoms in total. The molecule has 0 N–H and O–H groups in total. The molecule has 0 bridgehead atoms. The van der Waals surface area contributed by atoms with Gasteiger partial charge < -0.3 is 14.4 Å². The summed E-state index contributed by atoms with van der Waals surface area (Å²) in [5.74, 6) is 0.572. The molecule has 0 saturated heterocycles. The largest absolute Gasteiger partial charge is 0.493 e. The van der Waals surface area contributed by atoms with E-state index in [4.69, 9.17) is 16.3 Å². The zero-order valence-corrected chi connectivity index (χ0v) is 11.8. The Labute approximate surface area is 119 Å². The molecule has 2 rings (SSSR count). The van der Waals surface area contributed by atoms with Gasteiger partial charge in [-0.2, -0.15) is 13.8 Å². The zero-order valence-electron chi connectivity index (χ0n) is 11.0. The topological polar surface area (TPSA) is 47.5 Å². The maximum atomic E-state index is 12.4. The van der Waals surface area contributed by atoms with Crippen LogP contribution in [0.25, 0.3) is 10.9 Å². The molecule has 0 aliphatic rings. The van der Waals surface area contributed by atoms with Crippen LogP contribution >= 0.6 is 11.6 Å². The Morgan fingerprint density at radius 2 is 1.90 bits per heavy atom. The fourth-order valence-corrected chi connectivity index (χ4v) is 1.95. The molecule has 0 amide bonds. The minimum absolute atomic E-state index is 0.0609. The standard InChI is InChI=1S/C12H12ClF2N3O2/c1-18(2)10-6-4-9(20-12(14)15)8(19-3)5-7(6)16-11(13)17-10/h4-5,12H,1-3H3. The van der Waals surface area contributed by atoms with E-state index in [1.165, 1.54) is 19.2 Å². The van der Waals surface area contributed by atoms with Gasteiger partial charge in [0.05, 0.1) is 12.6 Å². The second-order valence-corrected chi connectivity index (χ2v) is 4.45. The number of rotatable bonds is 4. The van der Waals surface area contributed by atoms with Crippen LogP contribution in [0, 0.1) is 0 Å². The predicted molar refractivity (Wildman–Crippen MR) is 72.1 cm³/mol. The highest BCUT2D eigenvalue weighted by molar-refractivity contribution is 6.28. The zero-order chi connectivity index (χ0) is 14.9. The van der Waals surface area contributed by atoms with Crippen molar-refractivity contribution in [2.24, 2.45) is 0 Å². The lowest BCUT2D eigenvalue weighted by Gasteiger charge is -2.16. The number of halogens is 3. The van der Waals surface area contributed by atoms with Crippen LogP contribution in [-0.4, -0.2) is 37.8 Å². The summed E-state index contributed by atoms with van der Waals surface area (Å²) in [7, 11) is 4.88. The number of fused-ring (bicyclic) bond motifs is 1. The Hall–Kier alpha value is -1.89. The maximum absolute atomic E-state index is 12.4. The lowest BCUT2D eigenvalue weighted by Crippen LogP contribution is -2.12. The van der Waals surface area contributed by atoms with E-state index in [9.17, 15) is 8.78 Å². The molecule has 0 atom stereocenters. The molecular weight excluding hydrogens is 292 g/mol. The summed E-state index contributed by atoms with van der Waals surface area (Å²) >= 11 is 5.85. The van der Waals surface area contributed by atoms with Crippen LogP contribution in [0.5, 0.6) is 11.5 Å². The van der Waals surface area contributed by atoms with Crippen molar-refractivity contribution in [3.8, 4) is 11.5 Å². The lowest BCUT2D eigenvalue weighted by molar-refractivity contribution is -0.0511. The fraction of sp³-hybridized carbons (Fsp3) is 0.333. The van der Waals surface area contributed by atoms with Crippen LogP contribution in [-0.2, 0) is 0 Å². The van der Waals surface area contributed by atoms with Crippen molar-refractivity contribution in [2.45, 2.75) is 6.61 Å². The van der Waals surface area contributed by atoms with E-state index in [1.54, 1.807) is 19.0 Å². The number of hydrogen-bond acceptors (Lipinski definition) is 5. The highest BCUT2D eigenvalue weighted by Gasteiger charge is 2.16. The number of methoxy groups -OCH3 is 1. The van der Waals surface area contributed by atoms with E-state index >= 15 is 0 Å². The third-order valence-corrected chi connectivity index (χ3v) is 2.74. The molecule has 0 fully saturated rings. The average molecular weight is 304 g/mol. The van der Waals surface area contributed by atoms with Crippen molar-refractivity contribution in [1.29, 1.82) is 0 Å². The SMILES string of the molecule is COc1cc2nc(Cl)nc(N(C)C)c2cc1OC(F)F. The van der Waals surface area contributed by atoms with Crippen molar-refractivity contribution in [3.63, 3.8) is 0 Å². The molecule has 20 heavy (non-hydrogen) atoms. The number of ether oxygens (including phenoxy) is 2. The summed E-state index contributed by atoms with van der Waals surface area (Å²) in [6, 6.07) is 2.89. The van der Waals surface area contributed by atoms with Crippen LogP contribution in [0.4, 0.5) is 14.6 Å². The molecule has 1 aromatic carbocycles. The van der Waals surface area contributed by atoms with Gasteiger partial charge in [0.2, 0.25) is 5.28 Å². The van der Waals surface area contributed by atoms with Crippen molar-refractivity contribution in [3.05, 3.63) is 17.4 Å². The Morgan fingerprint density at radius 3 is 2.45 bits per heavy atom. The molecule has 8 heteroatoms. The number of hydrogen-bond donors (Lipinski definition) is 0. The summed E-state index contributed by atoms with van der Waals surface area (Å²) in [6.07, 6.45) is 0. The van der Waals surface area contributed by atoms with Crippen LogP contribution < -0.4 is 14.4 Å². The van der Waals surface area contributed by atoms with Crippen molar-refractivity contribution < 1.29 is 18.3 Å². The molecule has 0 aliphatic heterocycles. The minimum atomic E-state index is -2.95. The van der Waals surface area contributed by atoms with Gasteiger partial charge in [-0.15, -0.1) is 0 Å². The molecular formula is C12H12ClF2N3O2. The smallest absolute Gasteiger partial charge is 0.387 e. The van der Waals surface area contributed by atoms with E-state index < -0.39 is 6.61 Å². The quantitative estimate of drug-likeness (QED) is 0.813. The molecule has 0 unspecified atom stereocenters. The van der Waals surface area contributed by atoms with Gasteiger partial charge in [0, 0.05) is 25.5 Å². The van der Waals surface area contributed by atoms with Gasteiger partial charge >= 0.3 is 6.61 Å². The van der Waals surface area contributed by atoms with E-state index in [1.807, 2.05) is 0 Å². The van der Waals surface area contributed by atoms with Crippen LogP contribution in [0.15, 0.2) is 12.1 Å². The molecule has 108 valence electrons. The van der Waals surface area contributed by atoms with Gasteiger partial charge in [-0.05, 0) is 17.7 Å². The van der Waals surface area contributed by atoms with Gasteiger partial charge in [0.1, 0.15) is 5.82 Å². The van der Waals surface area contributed by atoms with E-state index in [0.717, 1.165) is 0 Å². The maximum Gasteiger partial charge on any atom is 0.387 e. The van der Waals surface area contributed by atoms with Crippen molar-refractivity contribution in [2.75, 3.05) is 26.1 Å². The second-order valence-electron chi connectivity index (χ2n) is 4.11. The second kappa shape index (κ2) is 5.62. The molecule has 1 heterocycles. The Balaban J connectivity index is 2.70. The molecule has 0 radical (unpaired) electrons. The van der Waals surface area contributed by atoms with Crippen molar-refractivity contribution >= 4 is 28.3 Å². The normalized spacial score (nSPS) is 10.9. The number of nitrogens with zero attached hydrogens (tertiary/aromatic N) is 3. The number of alkyl halides is 2. The lowest BCUT2D eigenvalue weighted by atomic mass is 10.2. The third-order valence-electron chi connectivity index (χ3n) is 2.57. The van der Waals surface area contributed by atoms with Gasteiger partial charge in [0.25, 0.3) is 0 Å². The highest BCUT2D eigenvalue weighted by atomic mass is 35.5. The van der Waals surface area contributed by atoms with Crippen LogP contribution in [0.3, 0.4) is 0 Å². The molecule has 0 saturated carbocycles. The first kappa shape index (κ1) is 14.5. The number of anilines is 1. The first-order chi connectivity index (χ1) is 9.42. The molecule has 1 aromatic heterocycles. The van der Waals surface area contributed by atoms with E-state index in [2.05, 4.69) is 14.7 Å². The monoisotopic (exact) mass is 303 g/mol. The van der Waals surface area contributed by atoms with Gasteiger partial charge in [-0.25, -0.2) is 4.98 Å². The van der Waals surface area contributed by atoms with Crippen LogP contribution in [0.1, 0.15) is 0 Å². The van der Waals surface area contributed by atoms with Gasteiger partial charge in [0.15, 0.2) is 11.5 Å². The third kappa shape index (κ3) is 2.82. The number of benzene rings is 1. The average Bonchev–Trinajstić information content (AvgIpc) is 2.36. The minimum Gasteiger partial charge on any atom is -0.493 e. The first-order valence-corrected chi connectivity index (χ1v) is 5.97. The first-order valence-electron chi connectivity index (χ1n) is 5.59. The van der Waals surface area contributed by atoms with E-state index in [0.29, 0.717) is 16.7 Å². The van der Waals surface area contributed by atoms with Gasteiger partial charge in [-0.3, -0.25) is 0 Å². The summed E-state index contributed by atoms with van der Waals surface area (Å²) in [4.78, 5) is 9.83. The van der Waals surface area contributed by atoms with Crippen molar-refractivity contribution in [1.82, 2.24) is 9.97 Å².